The number of unbranched alkanes of at least 4 members (excludes halogenated alkanes) is 2. The molecule has 0 aromatic carbocycles. The normalized spacial score (nSPS) is 33.8. The molecular weight excluding hydrogens is 278 g/mol. The summed E-state index contributed by atoms with van der Waals surface area (Å²) < 4.78 is 27.6. The van der Waals surface area contributed by atoms with Gasteiger partial charge in [0.25, 0.3) is 5.92 Å². The zero-order valence-corrected chi connectivity index (χ0v) is 14.8. The van der Waals surface area contributed by atoms with Crippen LogP contribution in [0.25, 0.3) is 0 Å². The second-order valence-corrected chi connectivity index (χ2v) is 8.00. The van der Waals surface area contributed by atoms with Crippen LogP contribution in [-0.4, -0.2) is 5.92 Å². The Morgan fingerprint density at radius 1 is 0.773 bits per heavy atom. The monoisotopic (exact) mass is 314 g/mol. The maximum absolute atomic E-state index is 13.8. The summed E-state index contributed by atoms with van der Waals surface area (Å²) in [5.41, 5.74) is 0. The van der Waals surface area contributed by atoms with Crippen molar-refractivity contribution in [1.29, 1.82) is 0 Å². The van der Waals surface area contributed by atoms with Crippen molar-refractivity contribution in [3.8, 4) is 0 Å². The maximum Gasteiger partial charge on any atom is 0.250 e. The van der Waals surface area contributed by atoms with Crippen LogP contribution in [-0.2, 0) is 0 Å². The molecule has 0 heterocycles. The van der Waals surface area contributed by atoms with Gasteiger partial charge in [-0.05, 0) is 56.3 Å². The lowest BCUT2D eigenvalue weighted by Gasteiger charge is -2.39. The second kappa shape index (κ2) is 8.64. The smallest absolute Gasteiger partial charge is 0.207 e. The molecular formula is C20H36F2. The van der Waals surface area contributed by atoms with Gasteiger partial charge in [-0.15, -0.1) is 0 Å². The minimum absolute atomic E-state index is 0.0190. The fourth-order valence-corrected chi connectivity index (χ4v) is 4.93. The van der Waals surface area contributed by atoms with Crippen molar-refractivity contribution in [2.75, 3.05) is 0 Å². The minimum atomic E-state index is -2.41. The van der Waals surface area contributed by atoms with Crippen molar-refractivity contribution in [2.24, 2.45) is 23.7 Å². The average Bonchev–Trinajstić information content (AvgIpc) is 2.56. The van der Waals surface area contributed by atoms with Gasteiger partial charge in [0.05, 0.1) is 0 Å². The van der Waals surface area contributed by atoms with Crippen LogP contribution in [0.1, 0.15) is 97.3 Å². The van der Waals surface area contributed by atoms with Crippen molar-refractivity contribution in [3.05, 3.63) is 0 Å². The van der Waals surface area contributed by atoms with Gasteiger partial charge < -0.3 is 0 Å². The highest BCUT2D eigenvalue weighted by molar-refractivity contribution is 4.86. The van der Waals surface area contributed by atoms with E-state index in [1.54, 1.807) is 6.92 Å². The highest BCUT2D eigenvalue weighted by Crippen LogP contribution is 2.46. The quantitative estimate of drug-likeness (QED) is 0.435. The number of hydrogen-bond donors (Lipinski definition) is 0. The van der Waals surface area contributed by atoms with E-state index in [1.165, 1.54) is 51.4 Å². The van der Waals surface area contributed by atoms with Crippen LogP contribution < -0.4 is 0 Å². The largest absolute Gasteiger partial charge is 0.250 e. The van der Waals surface area contributed by atoms with Gasteiger partial charge in [0.1, 0.15) is 0 Å². The first kappa shape index (κ1) is 18.2. The third-order valence-corrected chi connectivity index (χ3v) is 6.61. The SMILES string of the molecule is CCCCCC1CCC(C2CCC(C(F)(F)CC)CC2)CC1. The Kier molecular flexibility index (Phi) is 7.15. The zero-order chi connectivity index (χ0) is 16.0. The van der Waals surface area contributed by atoms with Gasteiger partial charge >= 0.3 is 0 Å². The van der Waals surface area contributed by atoms with Crippen molar-refractivity contribution in [1.82, 2.24) is 0 Å². The summed E-state index contributed by atoms with van der Waals surface area (Å²) in [4.78, 5) is 0. The molecule has 0 saturated heterocycles. The van der Waals surface area contributed by atoms with Gasteiger partial charge in [-0.3, -0.25) is 0 Å². The van der Waals surface area contributed by atoms with Crippen LogP contribution in [0.3, 0.4) is 0 Å². The summed E-state index contributed by atoms with van der Waals surface area (Å²) in [6, 6.07) is 0. The second-order valence-electron chi connectivity index (χ2n) is 8.00. The van der Waals surface area contributed by atoms with Crippen LogP contribution in [0, 0.1) is 23.7 Å². The Balaban J connectivity index is 1.68. The van der Waals surface area contributed by atoms with Crippen molar-refractivity contribution < 1.29 is 8.78 Å². The molecule has 0 atom stereocenters. The molecule has 0 aliphatic heterocycles. The van der Waals surface area contributed by atoms with Crippen molar-refractivity contribution in [2.45, 2.75) is 103 Å². The molecule has 2 rings (SSSR count). The lowest BCUT2D eigenvalue weighted by atomic mass is 9.68. The summed E-state index contributed by atoms with van der Waals surface area (Å²) >= 11 is 0. The van der Waals surface area contributed by atoms with E-state index < -0.39 is 5.92 Å². The van der Waals surface area contributed by atoms with Crippen LogP contribution in [0.2, 0.25) is 0 Å². The number of rotatable bonds is 7. The van der Waals surface area contributed by atoms with E-state index in [-0.39, 0.29) is 12.3 Å². The topological polar surface area (TPSA) is 0 Å². The van der Waals surface area contributed by atoms with Gasteiger partial charge in [0.15, 0.2) is 0 Å². The molecule has 0 amide bonds. The molecule has 2 aliphatic rings. The predicted molar refractivity (Wildman–Crippen MR) is 90.3 cm³/mol. The van der Waals surface area contributed by atoms with Crippen LogP contribution in [0.4, 0.5) is 8.78 Å². The Hall–Kier alpha value is -0.140. The first-order valence-electron chi connectivity index (χ1n) is 9.94. The van der Waals surface area contributed by atoms with Crippen LogP contribution >= 0.6 is 0 Å². The number of alkyl halides is 2. The molecule has 0 aromatic heterocycles. The molecule has 0 N–H and O–H groups in total. The van der Waals surface area contributed by atoms with Gasteiger partial charge in [0.2, 0.25) is 0 Å². The molecule has 0 nitrogen and oxygen atoms in total. The first-order chi connectivity index (χ1) is 10.6. The fraction of sp³-hybridized carbons (Fsp3) is 1.00. The Bertz CT molecular complexity index is 297. The van der Waals surface area contributed by atoms with Gasteiger partial charge in [-0.1, -0.05) is 52.4 Å². The summed E-state index contributed by atoms with van der Waals surface area (Å²) in [6.07, 6.45) is 14.8. The lowest BCUT2D eigenvalue weighted by molar-refractivity contribution is -0.0809. The third-order valence-electron chi connectivity index (χ3n) is 6.61. The molecule has 0 bridgehead atoms. The van der Waals surface area contributed by atoms with E-state index in [0.29, 0.717) is 0 Å². The summed E-state index contributed by atoms with van der Waals surface area (Å²) in [5.74, 6) is -0.191. The zero-order valence-electron chi connectivity index (χ0n) is 14.8. The standard InChI is InChI=1S/C20H36F2/c1-3-5-6-7-16-8-10-17(11-9-16)18-12-14-19(15-13-18)20(21,22)4-2/h16-19H,3-15H2,1-2H3. The van der Waals surface area contributed by atoms with Crippen LogP contribution in [0.5, 0.6) is 0 Å². The van der Waals surface area contributed by atoms with E-state index in [4.69, 9.17) is 0 Å². The Morgan fingerprint density at radius 3 is 1.82 bits per heavy atom. The van der Waals surface area contributed by atoms with E-state index >= 15 is 0 Å². The highest BCUT2D eigenvalue weighted by Gasteiger charge is 2.41. The summed E-state index contributed by atoms with van der Waals surface area (Å²) in [6.45, 7) is 3.90. The molecule has 130 valence electrons. The van der Waals surface area contributed by atoms with E-state index in [0.717, 1.165) is 43.4 Å². The average molecular weight is 315 g/mol. The lowest BCUT2D eigenvalue weighted by Crippen LogP contribution is -2.33. The van der Waals surface area contributed by atoms with E-state index in [2.05, 4.69) is 6.92 Å². The number of hydrogen-bond acceptors (Lipinski definition) is 0. The highest BCUT2D eigenvalue weighted by atomic mass is 19.3. The van der Waals surface area contributed by atoms with E-state index in [9.17, 15) is 8.78 Å². The minimum Gasteiger partial charge on any atom is -0.207 e. The molecule has 2 heteroatoms. The van der Waals surface area contributed by atoms with Crippen molar-refractivity contribution >= 4 is 0 Å². The molecule has 22 heavy (non-hydrogen) atoms. The predicted octanol–water partition coefficient (Wildman–Crippen LogP) is 7.22. The van der Waals surface area contributed by atoms with Gasteiger partial charge in [-0.25, -0.2) is 8.78 Å². The summed E-state index contributed by atoms with van der Waals surface area (Å²) in [5, 5.41) is 0. The molecule has 0 radical (unpaired) electrons. The maximum atomic E-state index is 13.8. The summed E-state index contributed by atoms with van der Waals surface area (Å²) in [7, 11) is 0. The molecule has 2 aliphatic carbocycles. The molecule has 2 saturated carbocycles. The van der Waals surface area contributed by atoms with Gasteiger partial charge in [-0.2, -0.15) is 0 Å². The molecule has 0 spiro atoms. The first-order valence-corrected chi connectivity index (χ1v) is 9.94. The Labute approximate surface area is 136 Å². The molecule has 2 fully saturated rings. The van der Waals surface area contributed by atoms with Crippen LogP contribution in [0.15, 0.2) is 0 Å². The molecule has 0 unspecified atom stereocenters. The van der Waals surface area contributed by atoms with E-state index in [1.807, 2.05) is 0 Å². The number of halogens is 2. The molecule has 0 aromatic rings. The van der Waals surface area contributed by atoms with Gasteiger partial charge in [0, 0.05) is 12.3 Å². The Morgan fingerprint density at radius 2 is 1.32 bits per heavy atom. The van der Waals surface area contributed by atoms with Crippen molar-refractivity contribution in [3.63, 3.8) is 0 Å². The third kappa shape index (κ3) is 4.93. The fourth-order valence-electron chi connectivity index (χ4n) is 4.93.